The zero-order valence-electron chi connectivity index (χ0n) is 12.6. The molecule has 1 fully saturated rings. The van der Waals surface area contributed by atoms with E-state index in [0.717, 1.165) is 18.4 Å². The normalized spacial score (nSPS) is 23.1. The third-order valence-electron chi connectivity index (χ3n) is 4.16. The van der Waals surface area contributed by atoms with Crippen LogP contribution >= 0.6 is 0 Å². The Hall–Kier alpha value is -1.34. The van der Waals surface area contributed by atoms with Gasteiger partial charge in [0.15, 0.2) is 0 Å². The maximum atomic E-state index is 5.41. The minimum atomic E-state index is 0.714. The van der Waals surface area contributed by atoms with Crippen LogP contribution in [-0.4, -0.2) is 6.61 Å². The topological polar surface area (TPSA) is 9.23 Å². The number of hydrogen-bond acceptors (Lipinski definition) is 1. The van der Waals surface area contributed by atoms with Gasteiger partial charge in [-0.25, -0.2) is 0 Å². The molecule has 1 aliphatic rings. The molecular weight excluding hydrogens is 244 g/mol. The van der Waals surface area contributed by atoms with Crippen LogP contribution in [0, 0.1) is 11.8 Å². The van der Waals surface area contributed by atoms with Crippen molar-refractivity contribution in [3.05, 3.63) is 54.1 Å². The Labute approximate surface area is 123 Å². The molecule has 0 N–H and O–H groups in total. The first-order chi connectivity index (χ1) is 9.81. The van der Waals surface area contributed by atoms with Gasteiger partial charge in [0.1, 0.15) is 0 Å². The lowest BCUT2D eigenvalue weighted by Crippen LogP contribution is -2.10. The van der Waals surface area contributed by atoms with Gasteiger partial charge >= 0.3 is 0 Å². The fraction of sp³-hybridized carbons (Fsp3) is 0.474. The highest BCUT2D eigenvalue weighted by molar-refractivity contribution is 5.49. The van der Waals surface area contributed by atoms with Gasteiger partial charge in [-0.3, -0.25) is 0 Å². The summed E-state index contributed by atoms with van der Waals surface area (Å²) in [6.45, 7) is 7.42. The van der Waals surface area contributed by atoms with E-state index in [1.54, 1.807) is 0 Å². The summed E-state index contributed by atoms with van der Waals surface area (Å²) in [6, 6.07) is 8.67. The molecule has 108 valence electrons. The van der Waals surface area contributed by atoms with Crippen molar-refractivity contribution < 1.29 is 4.74 Å². The lowest BCUT2D eigenvalue weighted by molar-refractivity contribution is 0.134. The second kappa shape index (κ2) is 8.06. The van der Waals surface area contributed by atoms with E-state index in [1.807, 2.05) is 6.92 Å². The van der Waals surface area contributed by atoms with E-state index in [9.17, 15) is 0 Å². The molecule has 2 rings (SSSR count). The van der Waals surface area contributed by atoms with E-state index >= 15 is 0 Å². The smallest absolute Gasteiger partial charge is 0.0716 e. The van der Waals surface area contributed by atoms with Crippen LogP contribution in [0.15, 0.2) is 43.0 Å². The molecule has 0 aromatic heterocycles. The fourth-order valence-electron chi connectivity index (χ4n) is 2.77. The maximum absolute atomic E-state index is 5.41. The standard InChI is InChI=1S/C19H26O/c1-3-16-5-7-17(8-6-16)9-10-18-11-13-19(14-12-18)15-20-4-2/h3,9-14,16-17H,1,4-8,15H2,2H3. The summed E-state index contributed by atoms with van der Waals surface area (Å²) >= 11 is 0. The van der Waals surface area contributed by atoms with Crippen molar-refractivity contribution >= 4 is 6.08 Å². The van der Waals surface area contributed by atoms with Crippen molar-refractivity contribution in [2.45, 2.75) is 39.2 Å². The molecule has 1 aromatic rings. The first-order valence-corrected chi connectivity index (χ1v) is 7.79. The van der Waals surface area contributed by atoms with E-state index in [4.69, 9.17) is 4.74 Å². The molecule has 0 bridgehead atoms. The Bertz CT molecular complexity index is 422. The molecule has 20 heavy (non-hydrogen) atoms. The summed E-state index contributed by atoms with van der Waals surface area (Å²) in [6.07, 6.45) is 12.0. The van der Waals surface area contributed by atoms with E-state index in [-0.39, 0.29) is 0 Å². The van der Waals surface area contributed by atoms with Gasteiger partial charge in [0.25, 0.3) is 0 Å². The molecule has 0 saturated heterocycles. The second-order valence-corrected chi connectivity index (χ2v) is 5.65. The van der Waals surface area contributed by atoms with Crippen molar-refractivity contribution in [1.82, 2.24) is 0 Å². The molecule has 1 saturated carbocycles. The van der Waals surface area contributed by atoms with E-state index in [1.165, 1.54) is 36.8 Å². The first kappa shape index (κ1) is 15.1. The van der Waals surface area contributed by atoms with Crippen molar-refractivity contribution in [2.75, 3.05) is 6.61 Å². The quantitative estimate of drug-likeness (QED) is 0.643. The van der Waals surface area contributed by atoms with Crippen molar-refractivity contribution in [2.24, 2.45) is 11.8 Å². The van der Waals surface area contributed by atoms with Crippen LogP contribution in [0.1, 0.15) is 43.7 Å². The van der Waals surface area contributed by atoms with Gasteiger partial charge in [0, 0.05) is 6.61 Å². The van der Waals surface area contributed by atoms with Crippen molar-refractivity contribution in [3.63, 3.8) is 0 Å². The summed E-state index contributed by atoms with van der Waals surface area (Å²) in [5.41, 5.74) is 2.53. The highest BCUT2D eigenvalue weighted by atomic mass is 16.5. The molecule has 0 amide bonds. The van der Waals surface area contributed by atoms with Gasteiger partial charge in [-0.1, -0.05) is 42.5 Å². The summed E-state index contributed by atoms with van der Waals surface area (Å²) in [4.78, 5) is 0. The Morgan fingerprint density at radius 1 is 1.10 bits per heavy atom. The summed E-state index contributed by atoms with van der Waals surface area (Å²) in [5, 5.41) is 0. The summed E-state index contributed by atoms with van der Waals surface area (Å²) in [5.74, 6) is 1.49. The average Bonchev–Trinajstić information content (AvgIpc) is 2.52. The fourth-order valence-corrected chi connectivity index (χ4v) is 2.77. The van der Waals surface area contributed by atoms with E-state index < -0.39 is 0 Å². The van der Waals surface area contributed by atoms with Crippen LogP contribution in [-0.2, 0) is 11.3 Å². The lowest BCUT2D eigenvalue weighted by atomic mass is 9.82. The molecule has 1 aliphatic carbocycles. The third kappa shape index (κ3) is 4.64. The average molecular weight is 270 g/mol. The minimum Gasteiger partial charge on any atom is -0.377 e. The molecule has 0 spiro atoms. The molecular formula is C19H26O. The Morgan fingerprint density at radius 3 is 2.35 bits per heavy atom. The molecule has 1 aromatic carbocycles. The maximum Gasteiger partial charge on any atom is 0.0716 e. The van der Waals surface area contributed by atoms with Crippen LogP contribution in [0.3, 0.4) is 0 Å². The van der Waals surface area contributed by atoms with Gasteiger partial charge in [-0.2, -0.15) is 0 Å². The molecule has 1 heteroatoms. The Morgan fingerprint density at radius 2 is 1.75 bits per heavy atom. The summed E-state index contributed by atoms with van der Waals surface area (Å²) < 4.78 is 5.41. The Kier molecular flexibility index (Phi) is 6.07. The largest absolute Gasteiger partial charge is 0.377 e. The van der Waals surface area contributed by atoms with Crippen LogP contribution in [0.2, 0.25) is 0 Å². The van der Waals surface area contributed by atoms with Crippen LogP contribution in [0.25, 0.3) is 6.08 Å². The highest BCUT2D eigenvalue weighted by Gasteiger charge is 2.16. The van der Waals surface area contributed by atoms with Gasteiger partial charge in [-0.15, -0.1) is 6.58 Å². The molecule has 0 unspecified atom stereocenters. The second-order valence-electron chi connectivity index (χ2n) is 5.65. The minimum absolute atomic E-state index is 0.714. The zero-order valence-corrected chi connectivity index (χ0v) is 12.6. The highest BCUT2D eigenvalue weighted by Crippen LogP contribution is 2.30. The van der Waals surface area contributed by atoms with Crippen LogP contribution in [0.4, 0.5) is 0 Å². The van der Waals surface area contributed by atoms with E-state index in [2.05, 4.69) is 49.1 Å². The number of ether oxygens (including phenoxy) is 1. The predicted molar refractivity (Wildman–Crippen MR) is 86.5 cm³/mol. The molecule has 1 nitrogen and oxygen atoms in total. The number of rotatable bonds is 6. The van der Waals surface area contributed by atoms with Gasteiger partial charge in [0.2, 0.25) is 0 Å². The van der Waals surface area contributed by atoms with Gasteiger partial charge in [-0.05, 0) is 55.6 Å². The predicted octanol–water partition coefficient (Wildman–Crippen LogP) is 5.23. The van der Waals surface area contributed by atoms with Crippen LogP contribution in [0.5, 0.6) is 0 Å². The lowest BCUT2D eigenvalue weighted by Gasteiger charge is -2.24. The zero-order chi connectivity index (χ0) is 14.2. The molecule has 0 heterocycles. The number of benzene rings is 1. The monoisotopic (exact) mass is 270 g/mol. The van der Waals surface area contributed by atoms with Gasteiger partial charge < -0.3 is 4.74 Å². The third-order valence-corrected chi connectivity index (χ3v) is 4.16. The number of allylic oxidation sites excluding steroid dienone is 2. The van der Waals surface area contributed by atoms with Gasteiger partial charge in [0.05, 0.1) is 6.61 Å². The SMILES string of the molecule is C=CC1CCC(C=Cc2ccc(COCC)cc2)CC1. The van der Waals surface area contributed by atoms with Crippen LogP contribution < -0.4 is 0 Å². The van der Waals surface area contributed by atoms with E-state index in [0.29, 0.717) is 6.61 Å². The van der Waals surface area contributed by atoms with Crippen molar-refractivity contribution in [3.8, 4) is 0 Å². The summed E-state index contributed by atoms with van der Waals surface area (Å²) in [7, 11) is 0. The molecule has 0 aliphatic heterocycles. The van der Waals surface area contributed by atoms with Crippen molar-refractivity contribution in [1.29, 1.82) is 0 Å². The first-order valence-electron chi connectivity index (χ1n) is 7.79. The Balaban J connectivity index is 1.83. The number of hydrogen-bond donors (Lipinski definition) is 0. The molecule has 0 atom stereocenters. The molecule has 0 radical (unpaired) electrons.